The zero-order valence-electron chi connectivity index (χ0n) is 14.1. The van der Waals surface area contributed by atoms with Crippen LogP contribution < -0.4 is 15.4 Å². The van der Waals surface area contributed by atoms with Crippen LogP contribution in [0.5, 0.6) is 11.5 Å². The molecular weight excluding hydrogens is 308 g/mol. The number of nitrogens with one attached hydrogen (secondary N) is 2. The van der Waals surface area contributed by atoms with E-state index in [4.69, 9.17) is 4.74 Å². The first-order valence-corrected chi connectivity index (χ1v) is 8.82. The summed E-state index contributed by atoms with van der Waals surface area (Å²) in [7, 11) is 0. The molecule has 132 valence electrons. The fourth-order valence-electron chi connectivity index (χ4n) is 3.50. The molecule has 0 saturated heterocycles. The van der Waals surface area contributed by atoms with Crippen molar-refractivity contribution >= 4 is 11.6 Å². The summed E-state index contributed by atoms with van der Waals surface area (Å²) in [6.07, 6.45) is 5.94. The second-order valence-corrected chi connectivity index (χ2v) is 6.74. The van der Waals surface area contributed by atoms with Crippen LogP contribution in [0.4, 0.5) is 5.69 Å². The van der Waals surface area contributed by atoms with E-state index >= 15 is 0 Å². The van der Waals surface area contributed by atoms with Gasteiger partial charge < -0.3 is 20.3 Å². The predicted octanol–water partition coefficient (Wildman–Crippen LogP) is 2.63. The fraction of sp³-hybridized carbons (Fsp3) is 0.611. The van der Waals surface area contributed by atoms with Crippen LogP contribution in [0, 0.1) is 0 Å². The molecule has 1 aliphatic carbocycles. The van der Waals surface area contributed by atoms with Gasteiger partial charge in [0.1, 0.15) is 17.2 Å². The SMILES string of the molecule is CCC(NC1(O)CCCCC1)Oc1ccc(O)c2c1CCC(=O)N2. The van der Waals surface area contributed by atoms with Crippen molar-refractivity contribution in [1.82, 2.24) is 5.32 Å². The zero-order valence-corrected chi connectivity index (χ0v) is 14.1. The molecule has 2 aliphatic rings. The van der Waals surface area contributed by atoms with Gasteiger partial charge in [0, 0.05) is 12.0 Å². The molecule has 0 aromatic heterocycles. The summed E-state index contributed by atoms with van der Waals surface area (Å²) >= 11 is 0. The van der Waals surface area contributed by atoms with E-state index in [1.807, 2.05) is 6.92 Å². The number of aromatic hydroxyl groups is 1. The van der Waals surface area contributed by atoms with Crippen molar-refractivity contribution in [2.24, 2.45) is 0 Å². The Labute approximate surface area is 142 Å². The van der Waals surface area contributed by atoms with E-state index in [-0.39, 0.29) is 17.9 Å². The Morgan fingerprint density at radius 2 is 2.04 bits per heavy atom. The van der Waals surface area contributed by atoms with Crippen molar-refractivity contribution < 1.29 is 19.7 Å². The molecule has 0 radical (unpaired) electrons. The molecule has 1 fully saturated rings. The number of hydrogen-bond acceptors (Lipinski definition) is 5. The molecule has 1 heterocycles. The minimum absolute atomic E-state index is 0.0531. The third-order valence-corrected chi connectivity index (χ3v) is 4.86. The minimum atomic E-state index is -0.871. The molecule has 4 N–H and O–H groups in total. The first-order valence-electron chi connectivity index (χ1n) is 8.82. The molecule has 1 aromatic rings. The van der Waals surface area contributed by atoms with E-state index in [0.717, 1.165) is 37.7 Å². The van der Waals surface area contributed by atoms with Crippen molar-refractivity contribution in [3.05, 3.63) is 17.7 Å². The van der Waals surface area contributed by atoms with Gasteiger partial charge in [-0.2, -0.15) is 0 Å². The first-order chi connectivity index (χ1) is 11.5. The van der Waals surface area contributed by atoms with Gasteiger partial charge in [-0.1, -0.05) is 13.3 Å². The van der Waals surface area contributed by atoms with E-state index in [2.05, 4.69) is 10.6 Å². The van der Waals surface area contributed by atoms with Crippen molar-refractivity contribution in [2.45, 2.75) is 70.2 Å². The smallest absolute Gasteiger partial charge is 0.224 e. The summed E-state index contributed by atoms with van der Waals surface area (Å²) < 4.78 is 6.09. The van der Waals surface area contributed by atoms with Gasteiger partial charge in [0.05, 0.1) is 5.69 Å². The van der Waals surface area contributed by atoms with Crippen LogP contribution in [0.1, 0.15) is 57.4 Å². The van der Waals surface area contributed by atoms with Gasteiger partial charge in [-0.15, -0.1) is 0 Å². The van der Waals surface area contributed by atoms with Crippen LogP contribution in [0.2, 0.25) is 0 Å². The number of rotatable bonds is 5. The highest BCUT2D eigenvalue weighted by Gasteiger charge is 2.32. The van der Waals surface area contributed by atoms with Gasteiger partial charge in [0.15, 0.2) is 6.23 Å². The Morgan fingerprint density at radius 3 is 2.75 bits per heavy atom. The molecule has 0 bridgehead atoms. The number of hydrogen-bond donors (Lipinski definition) is 4. The maximum absolute atomic E-state index is 11.6. The molecule has 1 unspecified atom stereocenters. The number of benzene rings is 1. The summed E-state index contributed by atoms with van der Waals surface area (Å²) in [5.41, 5.74) is 0.380. The van der Waals surface area contributed by atoms with Crippen LogP contribution in [-0.4, -0.2) is 28.1 Å². The van der Waals surface area contributed by atoms with Crippen molar-refractivity contribution in [2.75, 3.05) is 5.32 Å². The molecule has 1 amide bonds. The maximum Gasteiger partial charge on any atom is 0.224 e. The highest BCUT2D eigenvalue weighted by Crippen LogP contribution is 2.38. The van der Waals surface area contributed by atoms with Crippen molar-refractivity contribution in [3.63, 3.8) is 0 Å². The van der Waals surface area contributed by atoms with Gasteiger partial charge in [0.2, 0.25) is 5.91 Å². The lowest BCUT2D eigenvalue weighted by Gasteiger charge is -2.36. The third kappa shape index (κ3) is 3.65. The second kappa shape index (κ2) is 6.99. The number of carbonyl (C=O) groups is 1. The molecule has 3 rings (SSSR count). The van der Waals surface area contributed by atoms with Crippen LogP contribution in [0.25, 0.3) is 0 Å². The van der Waals surface area contributed by atoms with Crippen LogP contribution in [-0.2, 0) is 11.2 Å². The molecule has 1 saturated carbocycles. The van der Waals surface area contributed by atoms with Gasteiger partial charge in [-0.05, 0) is 50.7 Å². The van der Waals surface area contributed by atoms with Crippen molar-refractivity contribution in [1.29, 1.82) is 0 Å². The van der Waals surface area contributed by atoms with Crippen LogP contribution in [0.3, 0.4) is 0 Å². The Balaban J connectivity index is 1.76. The Hall–Kier alpha value is -1.79. The van der Waals surface area contributed by atoms with Gasteiger partial charge in [-0.25, -0.2) is 0 Å². The summed E-state index contributed by atoms with van der Waals surface area (Å²) in [4.78, 5) is 11.6. The molecule has 6 nitrogen and oxygen atoms in total. The predicted molar refractivity (Wildman–Crippen MR) is 90.9 cm³/mol. The third-order valence-electron chi connectivity index (χ3n) is 4.86. The highest BCUT2D eigenvalue weighted by molar-refractivity contribution is 5.96. The Bertz CT molecular complexity index is 611. The summed E-state index contributed by atoms with van der Waals surface area (Å²) in [5, 5.41) is 26.6. The number of amides is 1. The van der Waals surface area contributed by atoms with Gasteiger partial charge >= 0.3 is 0 Å². The van der Waals surface area contributed by atoms with Gasteiger partial charge in [-0.3, -0.25) is 10.1 Å². The molecule has 24 heavy (non-hydrogen) atoms. The summed E-state index contributed by atoms with van der Waals surface area (Å²) in [6.45, 7) is 2.00. The number of ether oxygens (including phenoxy) is 1. The lowest BCUT2D eigenvalue weighted by molar-refractivity contribution is -0.116. The lowest BCUT2D eigenvalue weighted by Crippen LogP contribution is -2.53. The number of fused-ring (bicyclic) bond motifs is 1. The monoisotopic (exact) mass is 334 g/mol. The van der Waals surface area contributed by atoms with Gasteiger partial charge in [0.25, 0.3) is 0 Å². The van der Waals surface area contributed by atoms with E-state index in [0.29, 0.717) is 30.7 Å². The zero-order chi connectivity index (χ0) is 17.2. The lowest BCUT2D eigenvalue weighted by atomic mass is 9.91. The first kappa shape index (κ1) is 17.0. The normalized spacial score (nSPS) is 20.8. The maximum atomic E-state index is 11.6. The molecule has 0 spiro atoms. The minimum Gasteiger partial charge on any atom is -0.506 e. The molecule has 1 aliphatic heterocycles. The number of aliphatic hydroxyl groups is 1. The molecule has 1 aromatic carbocycles. The Kier molecular flexibility index (Phi) is 4.96. The number of phenolic OH excluding ortho intramolecular Hbond substituents is 1. The summed E-state index contributed by atoms with van der Waals surface area (Å²) in [6, 6.07) is 3.25. The molecule has 6 heteroatoms. The van der Waals surface area contributed by atoms with Crippen LogP contribution in [0.15, 0.2) is 12.1 Å². The topological polar surface area (TPSA) is 90.8 Å². The average molecular weight is 334 g/mol. The number of carbonyl (C=O) groups excluding carboxylic acids is 1. The van der Waals surface area contributed by atoms with Crippen molar-refractivity contribution in [3.8, 4) is 11.5 Å². The van der Waals surface area contributed by atoms with E-state index in [1.54, 1.807) is 6.07 Å². The second-order valence-electron chi connectivity index (χ2n) is 6.74. The quantitative estimate of drug-likeness (QED) is 0.491. The summed E-state index contributed by atoms with van der Waals surface area (Å²) in [5.74, 6) is 0.593. The van der Waals surface area contributed by atoms with E-state index < -0.39 is 5.72 Å². The standard InChI is InChI=1S/C18H26N2O4/c1-2-16(20-18(23)10-4-3-5-11-18)24-14-8-7-13(21)17-12(14)6-9-15(22)19-17/h7-8,16,20-21,23H,2-6,9-11H2,1H3,(H,19,22). The number of anilines is 1. The van der Waals surface area contributed by atoms with E-state index in [1.165, 1.54) is 6.07 Å². The molecule has 1 atom stereocenters. The fourth-order valence-corrected chi connectivity index (χ4v) is 3.50. The van der Waals surface area contributed by atoms with E-state index in [9.17, 15) is 15.0 Å². The Morgan fingerprint density at radius 1 is 1.29 bits per heavy atom. The highest BCUT2D eigenvalue weighted by atomic mass is 16.5. The van der Waals surface area contributed by atoms with Crippen LogP contribution >= 0.6 is 0 Å². The molecular formula is C18H26N2O4. The average Bonchev–Trinajstić information content (AvgIpc) is 2.57. The number of phenols is 1. The largest absolute Gasteiger partial charge is 0.506 e.